The second kappa shape index (κ2) is 7.49. The minimum Gasteiger partial charge on any atom is -0.353 e. The van der Waals surface area contributed by atoms with Gasteiger partial charge < -0.3 is 9.80 Å². The van der Waals surface area contributed by atoms with Gasteiger partial charge in [0, 0.05) is 44.1 Å². The molecule has 1 N–H and O–H groups in total. The number of aromatic amines is 1. The lowest BCUT2D eigenvalue weighted by Gasteiger charge is -2.36. The van der Waals surface area contributed by atoms with Crippen LogP contribution in [0.5, 0.6) is 0 Å². The molecule has 4 aromatic heterocycles. The molecular formula is C20H17F3N8. The molecule has 0 saturated carbocycles. The molecule has 0 atom stereocenters. The summed E-state index contributed by atoms with van der Waals surface area (Å²) in [6.45, 7) is 2.47. The maximum absolute atomic E-state index is 12.8. The van der Waals surface area contributed by atoms with Gasteiger partial charge in [0.2, 0.25) is 0 Å². The van der Waals surface area contributed by atoms with Gasteiger partial charge in [0.15, 0.2) is 5.82 Å². The zero-order valence-corrected chi connectivity index (χ0v) is 16.2. The Morgan fingerprint density at radius 1 is 0.871 bits per heavy atom. The fourth-order valence-electron chi connectivity index (χ4n) is 3.60. The molecule has 0 bridgehead atoms. The molecule has 11 heteroatoms. The third-order valence-corrected chi connectivity index (χ3v) is 5.23. The third kappa shape index (κ3) is 3.74. The van der Waals surface area contributed by atoms with Crippen LogP contribution in [0.1, 0.15) is 5.56 Å². The summed E-state index contributed by atoms with van der Waals surface area (Å²) in [5.41, 5.74) is 2.33. The number of anilines is 2. The molecule has 31 heavy (non-hydrogen) atoms. The van der Waals surface area contributed by atoms with Gasteiger partial charge in [-0.15, -0.1) is 0 Å². The molecule has 1 fully saturated rings. The second-order valence-electron chi connectivity index (χ2n) is 7.13. The van der Waals surface area contributed by atoms with E-state index in [1.165, 1.54) is 12.4 Å². The van der Waals surface area contributed by atoms with E-state index in [0.29, 0.717) is 37.5 Å². The Morgan fingerprint density at radius 3 is 2.35 bits per heavy atom. The molecule has 4 aromatic rings. The Hall–Kier alpha value is -3.76. The largest absolute Gasteiger partial charge is 0.417 e. The number of fused-ring (bicyclic) bond motifs is 1. The number of nitrogens with zero attached hydrogens (tertiary/aromatic N) is 7. The van der Waals surface area contributed by atoms with Crippen LogP contribution in [0, 0.1) is 0 Å². The molecule has 1 aliphatic heterocycles. The molecule has 0 unspecified atom stereocenters. The predicted octanol–water partition coefficient (Wildman–Crippen LogP) is 3.16. The lowest BCUT2D eigenvalue weighted by Crippen LogP contribution is -2.47. The highest BCUT2D eigenvalue weighted by atomic mass is 19.4. The summed E-state index contributed by atoms with van der Waals surface area (Å²) in [4.78, 5) is 21.6. The standard InChI is InChI=1S/C20H17F3N8/c21-20(22,23)14-1-4-17(24-11-14)30-5-7-31(8-6-30)19-18-16(25-12-26-19)3-2-15(29-18)13-9-27-28-10-13/h1-4,9-12H,5-8H2,(H,27,28). The molecule has 0 spiro atoms. The second-order valence-corrected chi connectivity index (χ2v) is 7.13. The lowest BCUT2D eigenvalue weighted by molar-refractivity contribution is -0.137. The molecule has 0 aromatic carbocycles. The fourth-order valence-corrected chi connectivity index (χ4v) is 3.60. The Kier molecular flexibility index (Phi) is 4.64. The maximum atomic E-state index is 12.8. The Balaban J connectivity index is 1.36. The van der Waals surface area contributed by atoms with Crippen molar-refractivity contribution in [2.75, 3.05) is 36.0 Å². The van der Waals surface area contributed by atoms with Crippen molar-refractivity contribution in [1.29, 1.82) is 0 Å². The monoisotopic (exact) mass is 426 g/mol. The van der Waals surface area contributed by atoms with E-state index >= 15 is 0 Å². The molecule has 5 heterocycles. The predicted molar refractivity (Wildman–Crippen MR) is 109 cm³/mol. The number of piperazine rings is 1. The third-order valence-electron chi connectivity index (χ3n) is 5.23. The summed E-state index contributed by atoms with van der Waals surface area (Å²) in [7, 11) is 0. The van der Waals surface area contributed by atoms with Crippen molar-refractivity contribution in [3.63, 3.8) is 0 Å². The van der Waals surface area contributed by atoms with Gasteiger partial charge in [-0.25, -0.2) is 19.9 Å². The number of halogens is 3. The quantitative estimate of drug-likeness (QED) is 0.539. The van der Waals surface area contributed by atoms with Crippen LogP contribution in [0.25, 0.3) is 22.3 Å². The zero-order valence-electron chi connectivity index (χ0n) is 16.2. The van der Waals surface area contributed by atoms with Crippen LogP contribution < -0.4 is 9.80 Å². The Bertz CT molecular complexity index is 1180. The van der Waals surface area contributed by atoms with Crippen LogP contribution in [-0.2, 0) is 6.18 Å². The van der Waals surface area contributed by atoms with E-state index in [1.54, 1.807) is 12.4 Å². The number of pyridine rings is 2. The number of H-pyrrole nitrogens is 1. The van der Waals surface area contributed by atoms with E-state index in [-0.39, 0.29) is 0 Å². The molecule has 0 amide bonds. The van der Waals surface area contributed by atoms with E-state index in [4.69, 9.17) is 4.98 Å². The highest BCUT2D eigenvalue weighted by Gasteiger charge is 2.31. The van der Waals surface area contributed by atoms with Crippen molar-refractivity contribution < 1.29 is 13.2 Å². The number of aromatic nitrogens is 6. The van der Waals surface area contributed by atoms with Crippen molar-refractivity contribution in [2.45, 2.75) is 6.18 Å². The van der Waals surface area contributed by atoms with Crippen LogP contribution in [0.15, 0.2) is 49.2 Å². The number of hydrogen-bond donors (Lipinski definition) is 1. The van der Waals surface area contributed by atoms with Crippen LogP contribution in [0.3, 0.4) is 0 Å². The zero-order chi connectivity index (χ0) is 21.4. The molecule has 0 aliphatic carbocycles. The SMILES string of the molecule is FC(F)(F)c1ccc(N2CCN(c3ncnc4ccc(-c5cn[nH]c5)nc34)CC2)nc1. The Labute approximate surface area is 174 Å². The average Bonchev–Trinajstić information content (AvgIpc) is 3.33. The molecule has 8 nitrogen and oxygen atoms in total. The van der Waals surface area contributed by atoms with Gasteiger partial charge in [0.1, 0.15) is 17.7 Å². The van der Waals surface area contributed by atoms with Gasteiger partial charge in [-0.2, -0.15) is 18.3 Å². The van der Waals surface area contributed by atoms with Crippen molar-refractivity contribution in [1.82, 2.24) is 30.1 Å². The first-order chi connectivity index (χ1) is 15.0. The van der Waals surface area contributed by atoms with Crippen molar-refractivity contribution in [3.8, 4) is 11.3 Å². The molecule has 1 saturated heterocycles. The van der Waals surface area contributed by atoms with E-state index in [0.717, 1.165) is 34.9 Å². The van der Waals surface area contributed by atoms with Crippen LogP contribution in [-0.4, -0.2) is 56.3 Å². The molecular weight excluding hydrogens is 409 g/mol. The highest BCUT2D eigenvalue weighted by Crippen LogP contribution is 2.30. The Morgan fingerprint density at radius 2 is 1.68 bits per heavy atom. The van der Waals surface area contributed by atoms with Gasteiger partial charge in [-0.1, -0.05) is 0 Å². The minimum atomic E-state index is -4.39. The van der Waals surface area contributed by atoms with Crippen LogP contribution >= 0.6 is 0 Å². The fraction of sp³-hybridized carbons (Fsp3) is 0.250. The van der Waals surface area contributed by atoms with E-state index < -0.39 is 11.7 Å². The van der Waals surface area contributed by atoms with Gasteiger partial charge in [0.25, 0.3) is 0 Å². The summed E-state index contributed by atoms with van der Waals surface area (Å²) >= 11 is 0. The smallest absolute Gasteiger partial charge is 0.353 e. The van der Waals surface area contributed by atoms with E-state index in [2.05, 4.69) is 30.0 Å². The van der Waals surface area contributed by atoms with Gasteiger partial charge in [-0.05, 0) is 24.3 Å². The summed E-state index contributed by atoms with van der Waals surface area (Å²) in [6, 6.07) is 6.27. The summed E-state index contributed by atoms with van der Waals surface area (Å²) in [6.07, 6.45) is 1.48. The van der Waals surface area contributed by atoms with Crippen LogP contribution in [0.2, 0.25) is 0 Å². The summed E-state index contributed by atoms with van der Waals surface area (Å²) < 4.78 is 38.3. The molecule has 158 valence electrons. The lowest BCUT2D eigenvalue weighted by atomic mass is 10.2. The van der Waals surface area contributed by atoms with Crippen molar-refractivity contribution >= 4 is 22.7 Å². The van der Waals surface area contributed by atoms with Crippen molar-refractivity contribution in [2.24, 2.45) is 0 Å². The molecule has 1 aliphatic rings. The van der Waals surface area contributed by atoms with E-state index in [1.807, 2.05) is 17.0 Å². The number of hydrogen-bond acceptors (Lipinski definition) is 7. The first-order valence-corrected chi connectivity index (χ1v) is 9.63. The van der Waals surface area contributed by atoms with Gasteiger partial charge in [0.05, 0.1) is 23.0 Å². The first-order valence-electron chi connectivity index (χ1n) is 9.63. The average molecular weight is 426 g/mol. The van der Waals surface area contributed by atoms with E-state index in [9.17, 15) is 13.2 Å². The van der Waals surface area contributed by atoms with Gasteiger partial charge in [-0.3, -0.25) is 5.10 Å². The number of nitrogens with one attached hydrogen (secondary N) is 1. The topological polar surface area (TPSA) is 86.7 Å². The summed E-state index contributed by atoms with van der Waals surface area (Å²) in [5, 5.41) is 6.75. The van der Waals surface area contributed by atoms with Gasteiger partial charge >= 0.3 is 6.18 Å². The number of alkyl halides is 3. The molecule has 0 radical (unpaired) electrons. The minimum absolute atomic E-state index is 0.528. The first kappa shape index (κ1) is 19.2. The normalized spacial score (nSPS) is 14.9. The number of rotatable bonds is 3. The highest BCUT2D eigenvalue weighted by molar-refractivity contribution is 5.87. The van der Waals surface area contributed by atoms with Crippen molar-refractivity contribution in [3.05, 3.63) is 54.7 Å². The van der Waals surface area contributed by atoms with Crippen LogP contribution in [0.4, 0.5) is 24.8 Å². The molecule has 5 rings (SSSR count). The summed E-state index contributed by atoms with van der Waals surface area (Å²) in [5.74, 6) is 1.26. The maximum Gasteiger partial charge on any atom is 0.417 e.